The van der Waals surface area contributed by atoms with Gasteiger partial charge in [-0.1, -0.05) is 18.9 Å². The molecule has 6 heteroatoms. The van der Waals surface area contributed by atoms with Gasteiger partial charge in [0.05, 0.1) is 10.5 Å². The van der Waals surface area contributed by atoms with Crippen molar-refractivity contribution in [1.29, 1.82) is 0 Å². The van der Waals surface area contributed by atoms with Gasteiger partial charge in [0.1, 0.15) is 5.82 Å². The van der Waals surface area contributed by atoms with Crippen LogP contribution < -0.4 is 0 Å². The average Bonchev–Trinajstić information content (AvgIpc) is 2.78. The van der Waals surface area contributed by atoms with Crippen LogP contribution in [-0.4, -0.2) is 37.0 Å². The Bertz CT molecular complexity index is 594. The molecule has 0 aromatic heterocycles. The second-order valence-electron chi connectivity index (χ2n) is 5.60. The summed E-state index contributed by atoms with van der Waals surface area (Å²) in [7, 11) is -2.36. The van der Waals surface area contributed by atoms with E-state index in [-0.39, 0.29) is 11.4 Å². The van der Waals surface area contributed by atoms with Gasteiger partial charge in [-0.15, -0.1) is 0 Å². The fraction of sp³-hybridized carbons (Fsp3) is 0.571. The number of hydrogen-bond acceptors (Lipinski definition) is 3. The predicted molar refractivity (Wildman–Crippen MR) is 74.4 cm³/mol. The van der Waals surface area contributed by atoms with E-state index in [9.17, 15) is 17.9 Å². The van der Waals surface area contributed by atoms with Gasteiger partial charge in [0.25, 0.3) is 0 Å². The summed E-state index contributed by atoms with van der Waals surface area (Å²) in [4.78, 5) is -0.0402. The molecule has 1 aliphatic carbocycles. The summed E-state index contributed by atoms with van der Waals surface area (Å²) < 4.78 is 39.4. The molecule has 112 valence electrons. The lowest BCUT2D eigenvalue weighted by molar-refractivity contribution is 0.0333. The number of nitrogens with zero attached hydrogens (tertiary/aromatic N) is 1. The number of benzene rings is 1. The molecule has 0 radical (unpaired) electrons. The third-order valence-corrected chi connectivity index (χ3v) is 5.84. The Balaban J connectivity index is 2.27. The third-order valence-electron chi connectivity index (χ3n) is 3.89. The molecule has 2 rings (SSSR count). The lowest BCUT2D eigenvalue weighted by Crippen LogP contribution is -2.42. The highest BCUT2D eigenvalue weighted by atomic mass is 32.2. The number of likely N-dealkylation sites (N-methyl/N-ethyl adjacent to an activating group) is 1. The molecule has 1 saturated carbocycles. The van der Waals surface area contributed by atoms with Crippen LogP contribution in [0.2, 0.25) is 0 Å². The van der Waals surface area contributed by atoms with Crippen molar-refractivity contribution in [2.75, 3.05) is 13.6 Å². The highest BCUT2D eigenvalue weighted by molar-refractivity contribution is 7.89. The van der Waals surface area contributed by atoms with Gasteiger partial charge in [-0.3, -0.25) is 0 Å². The Morgan fingerprint density at radius 3 is 2.55 bits per heavy atom. The van der Waals surface area contributed by atoms with Crippen molar-refractivity contribution in [3.63, 3.8) is 0 Å². The van der Waals surface area contributed by atoms with E-state index in [1.54, 1.807) is 6.92 Å². The minimum Gasteiger partial charge on any atom is -0.389 e. The van der Waals surface area contributed by atoms with Crippen LogP contribution in [0.5, 0.6) is 0 Å². The Labute approximate surface area is 119 Å². The maximum absolute atomic E-state index is 13.3. The van der Waals surface area contributed by atoms with Gasteiger partial charge < -0.3 is 5.11 Å². The van der Waals surface area contributed by atoms with Gasteiger partial charge in [0, 0.05) is 13.6 Å². The summed E-state index contributed by atoms with van der Waals surface area (Å²) in [5.74, 6) is -0.581. The molecule has 0 amide bonds. The van der Waals surface area contributed by atoms with Crippen LogP contribution >= 0.6 is 0 Å². The zero-order valence-corrected chi connectivity index (χ0v) is 12.6. The molecule has 0 spiro atoms. The molecule has 0 bridgehead atoms. The first-order valence-corrected chi connectivity index (χ1v) is 8.13. The van der Waals surface area contributed by atoms with Gasteiger partial charge in [-0.25, -0.2) is 12.8 Å². The Morgan fingerprint density at radius 2 is 1.95 bits per heavy atom. The van der Waals surface area contributed by atoms with E-state index in [4.69, 9.17) is 0 Å². The minimum atomic E-state index is -3.78. The molecular weight excluding hydrogens is 281 g/mol. The molecule has 0 aliphatic heterocycles. The number of hydrogen-bond donors (Lipinski definition) is 1. The van der Waals surface area contributed by atoms with Crippen LogP contribution in [0.25, 0.3) is 0 Å². The van der Waals surface area contributed by atoms with Gasteiger partial charge >= 0.3 is 0 Å². The highest BCUT2D eigenvalue weighted by Crippen LogP contribution is 2.31. The van der Waals surface area contributed by atoms with Gasteiger partial charge in [-0.2, -0.15) is 4.31 Å². The number of halogens is 1. The van der Waals surface area contributed by atoms with E-state index >= 15 is 0 Å². The van der Waals surface area contributed by atoms with Crippen molar-refractivity contribution in [1.82, 2.24) is 4.31 Å². The molecule has 1 N–H and O–H groups in total. The van der Waals surface area contributed by atoms with Gasteiger partial charge in [0.15, 0.2) is 0 Å². The molecule has 0 unspecified atom stereocenters. The van der Waals surface area contributed by atoms with Crippen molar-refractivity contribution < 1.29 is 17.9 Å². The Kier molecular flexibility index (Phi) is 4.18. The van der Waals surface area contributed by atoms with Crippen LogP contribution in [0.3, 0.4) is 0 Å². The van der Waals surface area contributed by atoms with Crippen molar-refractivity contribution in [3.8, 4) is 0 Å². The third kappa shape index (κ3) is 3.02. The smallest absolute Gasteiger partial charge is 0.243 e. The number of rotatable bonds is 4. The van der Waals surface area contributed by atoms with E-state index in [0.29, 0.717) is 18.4 Å². The molecular formula is C14H20FNO3S. The normalized spacial score (nSPS) is 18.6. The first kappa shape index (κ1) is 15.4. The molecule has 0 atom stereocenters. The largest absolute Gasteiger partial charge is 0.389 e. The summed E-state index contributed by atoms with van der Waals surface area (Å²) in [6.07, 6.45) is 3.02. The van der Waals surface area contributed by atoms with E-state index < -0.39 is 21.4 Å². The molecule has 20 heavy (non-hydrogen) atoms. The van der Waals surface area contributed by atoms with E-state index in [1.807, 2.05) is 0 Å². The van der Waals surface area contributed by atoms with Crippen molar-refractivity contribution in [3.05, 3.63) is 29.6 Å². The Hall–Kier alpha value is -0.980. The van der Waals surface area contributed by atoms with E-state index in [2.05, 4.69) is 0 Å². The zero-order valence-electron chi connectivity index (χ0n) is 11.8. The van der Waals surface area contributed by atoms with Crippen LogP contribution in [0.1, 0.15) is 31.2 Å². The van der Waals surface area contributed by atoms with Crippen molar-refractivity contribution >= 4 is 10.0 Å². The maximum Gasteiger partial charge on any atom is 0.243 e. The average molecular weight is 301 g/mol. The molecule has 0 heterocycles. The fourth-order valence-corrected chi connectivity index (χ4v) is 4.19. The molecule has 1 aromatic carbocycles. The van der Waals surface area contributed by atoms with Crippen molar-refractivity contribution in [2.45, 2.75) is 43.1 Å². The summed E-state index contributed by atoms with van der Waals surface area (Å²) in [5.41, 5.74) is -0.458. The van der Waals surface area contributed by atoms with Crippen LogP contribution in [-0.2, 0) is 10.0 Å². The number of aryl methyl sites for hydroxylation is 1. The topological polar surface area (TPSA) is 57.6 Å². The SMILES string of the molecule is Cc1ccc(F)cc1S(=O)(=O)N(C)CC1(O)CCCC1. The van der Waals surface area contributed by atoms with Crippen molar-refractivity contribution in [2.24, 2.45) is 0 Å². The molecule has 1 aliphatic rings. The van der Waals surface area contributed by atoms with E-state index in [0.717, 1.165) is 23.2 Å². The minimum absolute atomic E-state index is 0.0402. The first-order chi connectivity index (χ1) is 9.24. The van der Waals surface area contributed by atoms with Crippen LogP contribution in [0.15, 0.2) is 23.1 Å². The zero-order chi connectivity index (χ0) is 15.0. The predicted octanol–water partition coefficient (Wildman–Crippen LogP) is 2.06. The quantitative estimate of drug-likeness (QED) is 0.926. The lowest BCUT2D eigenvalue weighted by atomic mass is 10.0. The second kappa shape index (κ2) is 5.42. The van der Waals surface area contributed by atoms with Gasteiger partial charge in [0.2, 0.25) is 10.0 Å². The highest BCUT2D eigenvalue weighted by Gasteiger charge is 2.36. The molecule has 1 fully saturated rings. The second-order valence-corrected chi connectivity index (χ2v) is 7.62. The summed E-state index contributed by atoms with van der Waals surface area (Å²) in [6, 6.07) is 3.71. The van der Waals surface area contributed by atoms with Crippen LogP contribution in [0.4, 0.5) is 4.39 Å². The molecule has 1 aromatic rings. The first-order valence-electron chi connectivity index (χ1n) is 6.69. The summed E-state index contributed by atoms with van der Waals surface area (Å²) in [6.45, 7) is 1.68. The number of sulfonamides is 1. The monoisotopic (exact) mass is 301 g/mol. The summed E-state index contributed by atoms with van der Waals surface area (Å²) in [5, 5.41) is 10.3. The van der Waals surface area contributed by atoms with E-state index in [1.165, 1.54) is 19.2 Å². The maximum atomic E-state index is 13.3. The fourth-order valence-electron chi connectivity index (χ4n) is 2.71. The molecule has 0 saturated heterocycles. The standard InChI is InChI=1S/C14H20FNO3S/c1-11-5-6-12(15)9-13(11)20(18,19)16(2)10-14(17)7-3-4-8-14/h5-6,9,17H,3-4,7-8,10H2,1-2H3. The lowest BCUT2D eigenvalue weighted by Gasteiger charge is -2.28. The summed E-state index contributed by atoms with van der Waals surface area (Å²) >= 11 is 0. The Morgan fingerprint density at radius 1 is 1.35 bits per heavy atom. The number of aliphatic hydroxyl groups is 1. The van der Waals surface area contributed by atoms with Crippen LogP contribution in [0, 0.1) is 12.7 Å². The molecule has 4 nitrogen and oxygen atoms in total. The van der Waals surface area contributed by atoms with Gasteiger partial charge in [-0.05, 0) is 37.5 Å².